The van der Waals surface area contributed by atoms with E-state index in [1.165, 1.54) is 0 Å². The van der Waals surface area contributed by atoms with Crippen molar-refractivity contribution < 1.29 is 28.5 Å². The van der Waals surface area contributed by atoms with Gasteiger partial charge in [0.2, 0.25) is 5.60 Å². The molecule has 6 nitrogen and oxygen atoms in total. The SMILES string of the molecule is C=CCOC(=O)C(CC)(CC)Oc1ccc(C(C)(C)c2ccc(OC(=O)C(C)(CC)OCC=C)cc2)cc1. The lowest BCUT2D eigenvalue weighted by molar-refractivity contribution is -0.162. The summed E-state index contributed by atoms with van der Waals surface area (Å²) >= 11 is 0. The first-order valence-electron chi connectivity index (χ1n) is 13.2. The molecule has 0 spiro atoms. The Kier molecular flexibility index (Phi) is 10.9. The number of hydrogen-bond acceptors (Lipinski definition) is 6. The van der Waals surface area contributed by atoms with E-state index in [1.54, 1.807) is 31.2 Å². The van der Waals surface area contributed by atoms with E-state index < -0.39 is 17.2 Å². The highest BCUT2D eigenvalue weighted by atomic mass is 16.6. The second kappa shape index (κ2) is 13.4. The van der Waals surface area contributed by atoms with Crippen molar-refractivity contribution in [2.75, 3.05) is 13.2 Å². The fraction of sp³-hybridized carbons (Fsp3) is 0.438. The van der Waals surface area contributed by atoms with Crippen LogP contribution in [0.4, 0.5) is 0 Å². The standard InChI is InChI=1S/C32H42O6/c1-9-22-35-29(34)32(12-4,13-5)38-27-20-16-25(17-21-27)30(6,7)24-14-18-26(19-15-24)37-28(33)31(8,11-3)36-23-10-2/h9-10,14-21H,1-2,11-13,22-23H2,3-8H3. The van der Waals surface area contributed by atoms with Gasteiger partial charge in [-0.05, 0) is 61.6 Å². The summed E-state index contributed by atoms with van der Waals surface area (Å²) in [7, 11) is 0. The summed E-state index contributed by atoms with van der Waals surface area (Å²) in [5, 5.41) is 0. The topological polar surface area (TPSA) is 71.1 Å². The van der Waals surface area contributed by atoms with Gasteiger partial charge in [-0.15, -0.1) is 6.58 Å². The minimum Gasteiger partial charge on any atom is -0.476 e. The summed E-state index contributed by atoms with van der Waals surface area (Å²) in [6, 6.07) is 15.2. The number of carbonyl (C=O) groups excluding carboxylic acids is 2. The van der Waals surface area contributed by atoms with E-state index in [1.807, 2.05) is 57.2 Å². The molecule has 38 heavy (non-hydrogen) atoms. The highest BCUT2D eigenvalue weighted by molar-refractivity contribution is 5.81. The molecule has 1 atom stereocenters. The first-order chi connectivity index (χ1) is 18.0. The number of carbonyl (C=O) groups is 2. The van der Waals surface area contributed by atoms with Gasteiger partial charge >= 0.3 is 11.9 Å². The van der Waals surface area contributed by atoms with E-state index in [9.17, 15) is 9.59 Å². The van der Waals surface area contributed by atoms with E-state index in [0.29, 0.717) is 30.8 Å². The van der Waals surface area contributed by atoms with Gasteiger partial charge in [0.25, 0.3) is 0 Å². The molecule has 0 N–H and O–H groups in total. The van der Waals surface area contributed by atoms with Crippen molar-refractivity contribution in [3.63, 3.8) is 0 Å². The van der Waals surface area contributed by atoms with E-state index in [4.69, 9.17) is 18.9 Å². The molecule has 0 aliphatic carbocycles. The predicted octanol–water partition coefficient (Wildman–Crippen LogP) is 6.96. The number of esters is 2. The lowest BCUT2D eigenvalue weighted by atomic mass is 9.78. The minimum atomic E-state index is -1.04. The smallest absolute Gasteiger partial charge is 0.350 e. The van der Waals surface area contributed by atoms with Gasteiger partial charge in [-0.25, -0.2) is 9.59 Å². The molecule has 1 unspecified atom stereocenters. The summed E-state index contributed by atoms with van der Waals surface area (Å²) in [6.07, 6.45) is 4.61. The minimum absolute atomic E-state index is 0.149. The fourth-order valence-electron chi connectivity index (χ4n) is 4.03. The van der Waals surface area contributed by atoms with Gasteiger partial charge in [0.05, 0.1) is 6.61 Å². The van der Waals surface area contributed by atoms with Gasteiger partial charge in [-0.3, -0.25) is 0 Å². The van der Waals surface area contributed by atoms with Crippen LogP contribution in [0.3, 0.4) is 0 Å². The van der Waals surface area contributed by atoms with Gasteiger partial charge in [-0.1, -0.05) is 77.6 Å². The molecule has 2 aromatic carbocycles. The summed E-state index contributed by atoms with van der Waals surface area (Å²) in [5.74, 6) is 0.231. The molecular weight excluding hydrogens is 480 g/mol. The Morgan fingerprint density at radius 1 is 0.737 bits per heavy atom. The Bertz CT molecular complexity index is 1080. The largest absolute Gasteiger partial charge is 0.476 e. The first-order valence-corrected chi connectivity index (χ1v) is 13.2. The third-order valence-electron chi connectivity index (χ3n) is 7.15. The molecule has 0 saturated carbocycles. The van der Waals surface area contributed by atoms with E-state index in [-0.39, 0.29) is 24.6 Å². The molecule has 0 bridgehead atoms. The van der Waals surface area contributed by atoms with Crippen LogP contribution in [0.5, 0.6) is 11.5 Å². The normalized spacial score (nSPS) is 13.2. The summed E-state index contributed by atoms with van der Waals surface area (Å²) in [4.78, 5) is 25.4. The van der Waals surface area contributed by atoms with E-state index in [2.05, 4.69) is 27.0 Å². The summed E-state index contributed by atoms with van der Waals surface area (Å²) in [5.41, 5.74) is -0.291. The Morgan fingerprint density at radius 3 is 1.68 bits per heavy atom. The Labute approximate surface area is 227 Å². The van der Waals surface area contributed by atoms with Crippen LogP contribution in [0.1, 0.15) is 71.9 Å². The van der Waals surface area contributed by atoms with Crippen LogP contribution in [0.15, 0.2) is 73.8 Å². The molecule has 0 aliphatic rings. The number of ether oxygens (including phenoxy) is 4. The summed E-state index contributed by atoms with van der Waals surface area (Å²) in [6.45, 7) is 19.3. The average molecular weight is 523 g/mol. The van der Waals surface area contributed by atoms with Crippen LogP contribution in [0, 0.1) is 0 Å². The third kappa shape index (κ3) is 7.13. The molecule has 0 saturated heterocycles. The molecule has 206 valence electrons. The van der Waals surface area contributed by atoms with Crippen LogP contribution in [0.25, 0.3) is 0 Å². The van der Waals surface area contributed by atoms with Crippen molar-refractivity contribution in [1.29, 1.82) is 0 Å². The predicted molar refractivity (Wildman–Crippen MR) is 151 cm³/mol. The van der Waals surface area contributed by atoms with Crippen molar-refractivity contribution in [1.82, 2.24) is 0 Å². The van der Waals surface area contributed by atoms with Crippen molar-refractivity contribution in [2.45, 2.75) is 77.4 Å². The number of rotatable bonds is 15. The molecule has 0 aromatic heterocycles. The van der Waals surface area contributed by atoms with E-state index in [0.717, 1.165) is 11.1 Å². The molecule has 0 radical (unpaired) electrons. The zero-order valence-electron chi connectivity index (χ0n) is 23.7. The summed E-state index contributed by atoms with van der Waals surface area (Å²) < 4.78 is 22.7. The van der Waals surface area contributed by atoms with E-state index >= 15 is 0 Å². The van der Waals surface area contributed by atoms with Crippen LogP contribution in [-0.4, -0.2) is 36.4 Å². The van der Waals surface area contributed by atoms with Crippen molar-refractivity contribution >= 4 is 11.9 Å². The molecule has 0 fully saturated rings. The molecule has 2 aromatic rings. The highest BCUT2D eigenvalue weighted by Crippen LogP contribution is 2.35. The van der Waals surface area contributed by atoms with Crippen LogP contribution < -0.4 is 9.47 Å². The molecule has 0 aliphatic heterocycles. The van der Waals surface area contributed by atoms with Gasteiger partial charge in [0, 0.05) is 5.41 Å². The van der Waals surface area contributed by atoms with Crippen LogP contribution in [-0.2, 0) is 24.5 Å². The maximum Gasteiger partial charge on any atom is 0.350 e. The van der Waals surface area contributed by atoms with Crippen molar-refractivity contribution in [2.24, 2.45) is 0 Å². The zero-order chi connectivity index (χ0) is 28.4. The molecule has 2 rings (SSSR count). The first kappa shape index (κ1) is 30.8. The van der Waals surface area contributed by atoms with Crippen molar-refractivity contribution in [3.05, 3.63) is 85.0 Å². The fourth-order valence-corrected chi connectivity index (χ4v) is 4.03. The Balaban J connectivity index is 2.17. The highest BCUT2D eigenvalue weighted by Gasteiger charge is 2.39. The average Bonchev–Trinajstić information content (AvgIpc) is 2.93. The number of benzene rings is 2. The molecular formula is C32H42O6. The van der Waals surface area contributed by atoms with Gasteiger partial charge in [-0.2, -0.15) is 0 Å². The lowest BCUT2D eigenvalue weighted by Gasteiger charge is -2.31. The van der Waals surface area contributed by atoms with Crippen LogP contribution >= 0.6 is 0 Å². The number of hydrogen-bond donors (Lipinski definition) is 0. The second-order valence-corrected chi connectivity index (χ2v) is 9.94. The van der Waals surface area contributed by atoms with Gasteiger partial charge < -0.3 is 18.9 Å². The molecule has 0 amide bonds. The monoisotopic (exact) mass is 522 g/mol. The second-order valence-electron chi connectivity index (χ2n) is 9.94. The lowest BCUT2D eigenvalue weighted by Crippen LogP contribution is -2.44. The van der Waals surface area contributed by atoms with Gasteiger partial charge in [0.15, 0.2) is 5.60 Å². The Morgan fingerprint density at radius 2 is 1.24 bits per heavy atom. The molecule has 6 heteroatoms. The third-order valence-corrected chi connectivity index (χ3v) is 7.15. The quantitative estimate of drug-likeness (QED) is 0.143. The molecule has 0 heterocycles. The zero-order valence-corrected chi connectivity index (χ0v) is 23.7. The van der Waals surface area contributed by atoms with Gasteiger partial charge in [0.1, 0.15) is 18.1 Å². The van der Waals surface area contributed by atoms with Crippen molar-refractivity contribution in [3.8, 4) is 11.5 Å². The Hall–Kier alpha value is -3.38. The van der Waals surface area contributed by atoms with Crippen LogP contribution in [0.2, 0.25) is 0 Å². The maximum absolute atomic E-state index is 12.7. The maximum atomic E-state index is 12.7.